The lowest BCUT2D eigenvalue weighted by Gasteiger charge is -2.04. The van der Waals surface area contributed by atoms with E-state index in [4.69, 9.17) is 0 Å². The van der Waals surface area contributed by atoms with Crippen LogP contribution < -0.4 is 5.32 Å². The number of hydrogen-bond acceptors (Lipinski definition) is 5. The number of aromatic nitrogens is 4. The summed E-state index contributed by atoms with van der Waals surface area (Å²) in [6.07, 6.45) is -4.68. The van der Waals surface area contributed by atoms with Gasteiger partial charge in [0.15, 0.2) is 0 Å². The first-order valence-corrected chi connectivity index (χ1v) is 7.29. The van der Waals surface area contributed by atoms with Crippen LogP contribution in [-0.4, -0.2) is 25.7 Å². The lowest BCUT2D eigenvalue weighted by molar-refractivity contribution is -0.146. The van der Waals surface area contributed by atoms with Crippen molar-refractivity contribution in [2.75, 3.05) is 0 Å². The SMILES string of the molecule is Cc1cccc(CNC(=O)c2nn3c(C(F)(F)F)nnc3s2)c1. The van der Waals surface area contributed by atoms with Crippen LogP contribution in [0.2, 0.25) is 0 Å². The van der Waals surface area contributed by atoms with Crippen molar-refractivity contribution in [3.63, 3.8) is 0 Å². The lowest BCUT2D eigenvalue weighted by atomic mass is 10.1. The molecule has 3 rings (SSSR count). The molecule has 120 valence electrons. The third-order valence-corrected chi connectivity index (χ3v) is 3.87. The average molecular weight is 341 g/mol. The highest BCUT2D eigenvalue weighted by atomic mass is 32.1. The van der Waals surface area contributed by atoms with Gasteiger partial charge in [-0.2, -0.15) is 17.7 Å². The maximum Gasteiger partial charge on any atom is 0.453 e. The fourth-order valence-corrected chi connectivity index (χ4v) is 2.72. The van der Waals surface area contributed by atoms with Gasteiger partial charge in [0.05, 0.1) is 0 Å². The molecule has 6 nitrogen and oxygen atoms in total. The largest absolute Gasteiger partial charge is 0.453 e. The predicted octanol–water partition coefficient (Wildman–Crippen LogP) is 2.44. The molecule has 0 unspecified atom stereocenters. The zero-order chi connectivity index (χ0) is 16.6. The van der Waals surface area contributed by atoms with E-state index in [-0.39, 0.29) is 16.5 Å². The molecular formula is C13H10F3N5OS. The summed E-state index contributed by atoms with van der Waals surface area (Å²) >= 11 is 0.747. The summed E-state index contributed by atoms with van der Waals surface area (Å²) < 4.78 is 38.7. The van der Waals surface area contributed by atoms with E-state index in [1.165, 1.54) is 0 Å². The third kappa shape index (κ3) is 3.16. The molecule has 1 amide bonds. The number of carbonyl (C=O) groups is 1. The minimum absolute atomic E-state index is 0.0852. The van der Waals surface area contributed by atoms with Gasteiger partial charge in [0.2, 0.25) is 9.97 Å². The van der Waals surface area contributed by atoms with E-state index in [9.17, 15) is 18.0 Å². The maximum atomic E-state index is 12.7. The first kappa shape index (κ1) is 15.4. The molecule has 3 aromatic rings. The molecule has 10 heteroatoms. The van der Waals surface area contributed by atoms with E-state index >= 15 is 0 Å². The Kier molecular flexibility index (Phi) is 3.76. The van der Waals surface area contributed by atoms with Crippen LogP contribution in [0.1, 0.15) is 26.8 Å². The fourth-order valence-electron chi connectivity index (χ4n) is 1.97. The average Bonchev–Trinajstić information content (AvgIpc) is 3.03. The van der Waals surface area contributed by atoms with Crippen LogP contribution in [0.25, 0.3) is 4.96 Å². The first-order valence-electron chi connectivity index (χ1n) is 6.48. The second-order valence-electron chi connectivity index (χ2n) is 4.79. The topological polar surface area (TPSA) is 72.2 Å². The Morgan fingerprint density at radius 3 is 2.83 bits per heavy atom. The second kappa shape index (κ2) is 5.61. The van der Waals surface area contributed by atoms with Gasteiger partial charge in [-0.05, 0) is 12.5 Å². The Morgan fingerprint density at radius 2 is 2.13 bits per heavy atom. The van der Waals surface area contributed by atoms with Crippen LogP contribution in [0.5, 0.6) is 0 Å². The molecule has 0 bridgehead atoms. The Labute approximate surface area is 132 Å². The number of fused-ring (bicyclic) bond motifs is 1. The standard InChI is InChI=1S/C13H10F3N5OS/c1-7-3-2-4-8(5-7)6-17-9(22)10-20-21-11(13(14,15)16)18-19-12(21)23-10/h2-5H,6H2,1H3,(H,17,22). The molecule has 0 aliphatic heterocycles. The van der Waals surface area contributed by atoms with Crippen molar-refractivity contribution in [1.82, 2.24) is 25.1 Å². The predicted molar refractivity (Wildman–Crippen MR) is 76.0 cm³/mol. The van der Waals surface area contributed by atoms with Gasteiger partial charge in [-0.1, -0.05) is 41.2 Å². The zero-order valence-electron chi connectivity index (χ0n) is 11.8. The summed E-state index contributed by atoms with van der Waals surface area (Å²) in [5.41, 5.74) is 1.93. The molecule has 0 saturated heterocycles. The van der Waals surface area contributed by atoms with E-state index in [1.54, 1.807) is 0 Å². The van der Waals surface area contributed by atoms with Gasteiger partial charge in [0.1, 0.15) is 0 Å². The van der Waals surface area contributed by atoms with Gasteiger partial charge in [-0.3, -0.25) is 4.79 Å². The van der Waals surface area contributed by atoms with Crippen molar-refractivity contribution in [1.29, 1.82) is 0 Å². The zero-order valence-corrected chi connectivity index (χ0v) is 12.6. The van der Waals surface area contributed by atoms with Crippen LogP contribution in [-0.2, 0) is 12.7 Å². The molecule has 2 aromatic heterocycles. The van der Waals surface area contributed by atoms with E-state index in [0.29, 0.717) is 4.52 Å². The van der Waals surface area contributed by atoms with Crippen LogP contribution in [0.4, 0.5) is 13.2 Å². The van der Waals surface area contributed by atoms with Crippen molar-refractivity contribution in [2.24, 2.45) is 0 Å². The molecule has 0 atom stereocenters. The maximum absolute atomic E-state index is 12.7. The van der Waals surface area contributed by atoms with Gasteiger partial charge in [-0.15, -0.1) is 15.3 Å². The number of halogens is 3. The minimum Gasteiger partial charge on any atom is -0.346 e. The third-order valence-electron chi connectivity index (χ3n) is 2.97. The molecule has 0 aliphatic rings. The quantitative estimate of drug-likeness (QED) is 0.794. The number of carbonyl (C=O) groups excluding carboxylic acids is 1. The van der Waals surface area contributed by atoms with Gasteiger partial charge in [0.25, 0.3) is 11.7 Å². The number of alkyl halides is 3. The van der Waals surface area contributed by atoms with E-state index in [2.05, 4.69) is 20.6 Å². The number of nitrogens with one attached hydrogen (secondary N) is 1. The summed E-state index contributed by atoms with van der Waals surface area (Å²) in [6, 6.07) is 7.52. The Balaban J connectivity index is 1.77. The highest BCUT2D eigenvalue weighted by Crippen LogP contribution is 2.28. The summed E-state index contributed by atoms with van der Waals surface area (Å²) in [7, 11) is 0. The second-order valence-corrected chi connectivity index (χ2v) is 5.75. The molecular weight excluding hydrogens is 331 g/mol. The molecule has 23 heavy (non-hydrogen) atoms. The van der Waals surface area contributed by atoms with Crippen molar-refractivity contribution in [2.45, 2.75) is 19.6 Å². The monoisotopic (exact) mass is 341 g/mol. The Bertz CT molecular complexity index is 870. The van der Waals surface area contributed by atoms with Gasteiger partial charge < -0.3 is 5.32 Å². The van der Waals surface area contributed by atoms with Crippen molar-refractivity contribution in [3.05, 3.63) is 46.2 Å². The minimum atomic E-state index is -4.68. The van der Waals surface area contributed by atoms with Crippen LogP contribution >= 0.6 is 11.3 Å². The molecule has 0 saturated carbocycles. The van der Waals surface area contributed by atoms with Crippen LogP contribution in [0.15, 0.2) is 24.3 Å². The number of amides is 1. The Hall–Kier alpha value is -2.49. The summed E-state index contributed by atoms with van der Waals surface area (Å²) in [5, 5.41) is 12.6. The number of nitrogens with zero attached hydrogens (tertiary/aromatic N) is 4. The van der Waals surface area contributed by atoms with Crippen LogP contribution in [0.3, 0.4) is 0 Å². The molecule has 0 radical (unpaired) electrons. The molecule has 2 heterocycles. The number of aryl methyl sites for hydroxylation is 1. The van der Waals surface area contributed by atoms with Crippen molar-refractivity contribution in [3.8, 4) is 0 Å². The van der Waals surface area contributed by atoms with Crippen LogP contribution in [0, 0.1) is 6.92 Å². The number of rotatable bonds is 3. The number of hydrogen-bond donors (Lipinski definition) is 1. The van der Waals surface area contributed by atoms with E-state index in [0.717, 1.165) is 22.5 Å². The summed E-state index contributed by atoms with van der Waals surface area (Å²) in [5.74, 6) is -1.81. The van der Waals surface area contributed by atoms with Gasteiger partial charge in [0, 0.05) is 6.54 Å². The van der Waals surface area contributed by atoms with Crippen molar-refractivity contribution < 1.29 is 18.0 Å². The smallest absolute Gasteiger partial charge is 0.346 e. The normalized spacial score (nSPS) is 11.8. The lowest BCUT2D eigenvalue weighted by Crippen LogP contribution is -2.23. The van der Waals surface area contributed by atoms with Gasteiger partial charge >= 0.3 is 6.18 Å². The summed E-state index contributed by atoms with van der Waals surface area (Å²) in [4.78, 5) is 11.9. The van der Waals surface area contributed by atoms with E-state index < -0.39 is 17.9 Å². The molecule has 0 spiro atoms. The van der Waals surface area contributed by atoms with E-state index in [1.807, 2.05) is 31.2 Å². The molecule has 1 N–H and O–H groups in total. The Morgan fingerprint density at radius 1 is 1.35 bits per heavy atom. The molecule has 1 aromatic carbocycles. The highest BCUT2D eigenvalue weighted by molar-refractivity contribution is 7.18. The fraction of sp³-hybridized carbons (Fsp3) is 0.231. The molecule has 0 fully saturated rings. The number of benzene rings is 1. The highest BCUT2D eigenvalue weighted by Gasteiger charge is 2.38. The molecule has 0 aliphatic carbocycles. The van der Waals surface area contributed by atoms with Crippen molar-refractivity contribution >= 4 is 22.2 Å². The first-order chi connectivity index (χ1) is 10.8. The van der Waals surface area contributed by atoms with Gasteiger partial charge in [-0.25, -0.2) is 0 Å². The summed E-state index contributed by atoms with van der Waals surface area (Å²) in [6.45, 7) is 2.18.